The Balaban J connectivity index is 2.06. The molecule has 1 aromatic heterocycles. The standard InChI is InChI=1S/C12H21N3OS/c1-9(2)6-15-12(16)4-5-13-7-11-8-14-10(3)17-11/h8-9,13H,4-7H2,1-3H3,(H,15,16). The van der Waals surface area contributed by atoms with Crippen molar-refractivity contribution in [2.45, 2.75) is 33.7 Å². The number of aryl methyl sites for hydroxylation is 1. The summed E-state index contributed by atoms with van der Waals surface area (Å²) in [5.41, 5.74) is 0. The van der Waals surface area contributed by atoms with Gasteiger partial charge in [0.25, 0.3) is 0 Å². The molecule has 1 heterocycles. The molecule has 1 rings (SSSR count). The molecule has 96 valence electrons. The van der Waals surface area contributed by atoms with Crippen molar-refractivity contribution >= 4 is 17.2 Å². The number of nitrogens with one attached hydrogen (secondary N) is 2. The van der Waals surface area contributed by atoms with E-state index in [2.05, 4.69) is 29.5 Å². The first-order chi connectivity index (χ1) is 8.08. The monoisotopic (exact) mass is 255 g/mol. The molecule has 0 aliphatic carbocycles. The van der Waals surface area contributed by atoms with Crippen LogP contribution in [0.1, 0.15) is 30.2 Å². The average molecular weight is 255 g/mol. The number of rotatable bonds is 7. The molecule has 0 saturated carbocycles. The van der Waals surface area contributed by atoms with Gasteiger partial charge in [-0.3, -0.25) is 4.79 Å². The van der Waals surface area contributed by atoms with E-state index >= 15 is 0 Å². The third-order valence-electron chi connectivity index (χ3n) is 2.20. The largest absolute Gasteiger partial charge is 0.356 e. The maximum absolute atomic E-state index is 11.4. The lowest BCUT2D eigenvalue weighted by atomic mass is 10.2. The van der Waals surface area contributed by atoms with Gasteiger partial charge in [-0.05, 0) is 12.8 Å². The van der Waals surface area contributed by atoms with Gasteiger partial charge in [-0.1, -0.05) is 13.8 Å². The number of aromatic nitrogens is 1. The molecule has 0 aliphatic heterocycles. The first-order valence-corrected chi connectivity index (χ1v) is 6.78. The topological polar surface area (TPSA) is 54.0 Å². The van der Waals surface area contributed by atoms with Gasteiger partial charge in [0, 0.05) is 37.1 Å². The lowest BCUT2D eigenvalue weighted by molar-refractivity contribution is -0.121. The molecule has 0 bridgehead atoms. The van der Waals surface area contributed by atoms with Gasteiger partial charge in [-0.2, -0.15) is 0 Å². The first kappa shape index (κ1) is 14.1. The Kier molecular flexibility index (Phi) is 6.15. The van der Waals surface area contributed by atoms with Crippen molar-refractivity contribution in [3.8, 4) is 0 Å². The Morgan fingerprint density at radius 3 is 2.88 bits per heavy atom. The molecule has 0 unspecified atom stereocenters. The van der Waals surface area contributed by atoms with Crippen LogP contribution in [0.5, 0.6) is 0 Å². The second-order valence-corrected chi connectivity index (χ2v) is 5.79. The van der Waals surface area contributed by atoms with Crippen LogP contribution >= 0.6 is 11.3 Å². The molecular weight excluding hydrogens is 234 g/mol. The summed E-state index contributed by atoms with van der Waals surface area (Å²) < 4.78 is 0. The summed E-state index contributed by atoms with van der Waals surface area (Å²) in [5, 5.41) is 7.22. The van der Waals surface area contributed by atoms with Gasteiger partial charge in [-0.15, -0.1) is 11.3 Å². The third kappa shape index (κ3) is 6.38. The van der Waals surface area contributed by atoms with Crippen LogP contribution in [0.2, 0.25) is 0 Å². The normalized spacial score (nSPS) is 10.8. The van der Waals surface area contributed by atoms with Gasteiger partial charge in [-0.25, -0.2) is 4.98 Å². The molecule has 0 radical (unpaired) electrons. The summed E-state index contributed by atoms with van der Waals surface area (Å²) in [6, 6.07) is 0. The van der Waals surface area contributed by atoms with Gasteiger partial charge in [0.2, 0.25) is 5.91 Å². The quantitative estimate of drug-likeness (QED) is 0.729. The fourth-order valence-electron chi connectivity index (χ4n) is 1.31. The molecule has 17 heavy (non-hydrogen) atoms. The number of amides is 1. The molecule has 0 aromatic carbocycles. The summed E-state index contributed by atoms with van der Waals surface area (Å²) in [6.07, 6.45) is 2.41. The zero-order valence-electron chi connectivity index (χ0n) is 10.7. The van der Waals surface area contributed by atoms with Crippen molar-refractivity contribution in [1.29, 1.82) is 0 Å². The Labute approximate surface area is 107 Å². The molecule has 4 nitrogen and oxygen atoms in total. The number of hydrogen-bond donors (Lipinski definition) is 2. The third-order valence-corrected chi connectivity index (χ3v) is 3.12. The maximum atomic E-state index is 11.4. The minimum Gasteiger partial charge on any atom is -0.356 e. The Morgan fingerprint density at radius 1 is 1.53 bits per heavy atom. The van der Waals surface area contributed by atoms with E-state index in [-0.39, 0.29) is 5.91 Å². The van der Waals surface area contributed by atoms with Crippen molar-refractivity contribution in [2.75, 3.05) is 13.1 Å². The highest BCUT2D eigenvalue weighted by atomic mass is 32.1. The minimum absolute atomic E-state index is 0.117. The number of carbonyl (C=O) groups is 1. The Hall–Kier alpha value is -0.940. The van der Waals surface area contributed by atoms with Crippen LogP contribution in [-0.2, 0) is 11.3 Å². The second kappa shape index (κ2) is 7.40. The summed E-state index contributed by atoms with van der Waals surface area (Å²) in [5.74, 6) is 0.624. The Morgan fingerprint density at radius 2 is 2.29 bits per heavy atom. The molecule has 2 N–H and O–H groups in total. The fourth-order valence-corrected chi connectivity index (χ4v) is 2.07. The average Bonchev–Trinajstić information content (AvgIpc) is 2.68. The van der Waals surface area contributed by atoms with Crippen LogP contribution in [0.25, 0.3) is 0 Å². The number of carbonyl (C=O) groups excluding carboxylic acids is 1. The number of nitrogens with zero attached hydrogens (tertiary/aromatic N) is 1. The summed E-state index contributed by atoms with van der Waals surface area (Å²) in [6.45, 7) is 8.43. The highest BCUT2D eigenvalue weighted by molar-refractivity contribution is 7.11. The molecule has 0 saturated heterocycles. The molecule has 1 aromatic rings. The molecule has 0 aliphatic rings. The van der Waals surface area contributed by atoms with Crippen molar-refractivity contribution in [2.24, 2.45) is 5.92 Å². The maximum Gasteiger partial charge on any atom is 0.221 e. The van der Waals surface area contributed by atoms with Crippen LogP contribution in [0, 0.1) is 12.8 Å². The van der Waals surface area contributed by atoms with Crippen LogP contribution in [0.4, 0.5) is 0 Å². The van der Waals surface area contributed by atoms with E-state index in [0.29, 0.717) is 18.9 Å². The molecular formula is C12H21N3OS. The minimum atomic E-state index is 0.117. The van der Waals surface area contributed by atoms with E-state index in [0.717, 1.165) is 18.1 Å². The van der Waals surface area contributed by atoms with E-state index in [4.69, 9.17) is 0 Å². The highest BCUT2D eigenvalue weighted by Crippen LogP contribution is 2.10. The van der Waals surface area contributed by atoms with Gasteiger partial charge in [0.15, 0.2) is 0 Å². The summed E-state index contributed by atoms with van der Waals surface area (Å²) in [7, 11) is 0. The lowest BCUT2D eigenvalue weighted by Crippen LogP contribution is -2.30. The summed E-state index contributed by atoms with van der Waals surface area (Å²) >= 11 is 1.69. The Bertz CT molecular complexity index is 349. The molecule has 5 heteroatoms. The predicted octanol–water partition coefficient (Wildman–Crippen LogP) is 1.70. The van der Waals surface area contributed by atoms with Crippen LogP contribution in [0.15, 0.2) is 6.20 Å². The van der Waals surface area contributed by atoms with Gasteiger partial charge < -0.3 is 10.6 Å². The smallest absolute Gasteiger partial charge is 0.221 e. The molecule has 1 amide bonds. The zero-order chi connectivity index (χ0) is 12.7. The molecule has 0 atom stereocenters. The van der Waals surface area contributed by atoms with E-state index in [1.54, 1.807) is 11.3 Å². The number of hydrogen-bond acceptors (Lipinski definition) is 4. The van der Waals surface area contributed by atoms with Crippen molar-refractivity contribution in [3.63, 3.8) is 0 Å². The number of thiazole rings is 1. The molecule has 0 spiro atoms. The van der Waals surface area contributed by atoms with Crippen molar-refractivity contribution in [3.05, 3.63) is 16.1 Å². The van der Waals surface area contributed by atoms with E-state index in [9.17, 15) is 4.79 Å². The van der Waals surface area contributed by atoms with Crippen LogP contribution in [0.3, 0.4) is 0 Å². The lowest BCUT2D eigenvalue weighted by Gasteiger charge is -2.07. The van der Waals surface area contributed by atoms with Crippen molar-refractivity contribution in [1.82, 2.24) is 15.6 Å². The second-order valence-electron chi connectivity index (χ2n) is 4.47. The van der Waals surface area contributed by atoms with E-state index in [1.165, 1.54) is 4.88 Å². The van der Waals surface area contributed by atoms with Crippen LogP contribution < -0.4 is 10.6 Å². The summed E-state index contributed by atoms with van der Waals surface area (Å²) in [4.78, 5) is 16.8. The fraction of sp³-hybridized carbons (Fsp3) is 0.667. The van der Waals surface area contributed by atoms with Crippen molar-refractivity contribution < 1.29 is 4.79 Å². The van der Waals surface area contributed by atoms with Gasteiger partial charge in [0.1, 0.15) is 0 Å². The van der Waals surface area contributed by atoms with E-state index in [1.807, 2.05) is 13.1 Å². The SMILES string of the molecule is Cc1ncc(CNCCC(=O)NCC(C)C)s1. The van der Waals surface area contributed by atoms with Gasteiger partial charge in [0.05, 0.1) is 5.01 Å². The van der Waals surface area contributed by atoms with Gasteiger partial charge >= 0.3 is 0 Å². The first-order valence-electron chi connectivity index (χ1n) is 5.96. The van der Waals surface area contributed by atoms with E-state index < -0.39 is 0 Å². The zero-order valence-corrected chi connectivity index (χ0v) is 11.6. The van der Waals surface area contributed by atoms with Crippen LogP contribution in [-0.4, -0.2) is 24.0 Å². The predicted molar refractivity (Wildman–Crippen MR) is 71.0 cm³/mol. The molecule has 0 fully saturated rings. The highest BCUT2D eigenvalue weighted by Gasteiger charge is 2.02.